The lowest BCUT2D eigenvalue weighted by Gasteiger charge is -2.33. The molecule has 0 fully saturated rings. The third-order valence-corrected chi connectivity index (χ3v) is 5.02. The van der Waals surface area contributed by atoms with Gasteiger partial charge in [-0.2, -0.15) is 0 Å². The minimum atomic E-state index is -2.16. The van der Waals surface area contributed by atoms with E-state index in [0.717, 1.165) is 27.1 Å². The van der Waals surface area contributed by atoms with Gasteiger partial charge in [0.15, 0.2) is 0 Å². The van der Waals surface area contributed by atoms with Gasteiger partial charge in [-0.15, -0.1) is 0 Å². The molecule has 0 aliphatic carbocycles. The third-order valence-electron chi connectivity index (χ3n) is 3.41. The van der Waals surface area contributed by atoms with E-state index in [1.165, 1.54) is 0 Å². The van der Waals surface area contributed by atoms with E-state index in [1.807, 2.05) is 54.7 Å². The molecule has 0 saturated carbocycles. The quantitative estimate of drug-likeness (QED) is 0.688. The molecule has 0 aliphatic rings. The number of ether oxygens (including phenoxy) is 1. The van der Waals surface area contributed by atoms with Gasteiger partial charge in [-0.05, 0) is 47.0 Å². The number of hydrogen-bond acceptors (Lipinski definition) is 5. The van der Waals surface area contributed by atoms with E-state index in [0.29, 0.717) is 0 Å². The zero-order valence-corrected chi connectivity index (χ0v) is 13.0. The van der Waals surface area contributed by atoms with Gasteiger partial charge in [-0.1, -0.05) is 12.1 Å². The Morgan fingerprint density at radius 3 is 2.55 bits per heavy atom. The number of nitrogens with two attached hydrogens (primary N) is 2. The number of fused-ring (bicyclic) bond motifs is 1. The number of pyridine rings is 1. The lowest BCUT2D eigenvalue weighted by atomic mass is 10.1. The number of hydrogen-bond donors (Lipinski definition) is 3. The summed E-state index contributed by atoms with van der Waals surface area (Å²) in [5.41, 5.74) is 0.899. The molecule has 0 unspecified atom stereocenters. The summed E-state index contributed by atoms with van der Waals surface area (Å²) < 4.78 is 8.44. The van der Waals surface area contributed by atoms with E-state index < -0.39 is 10.6 Å². The fourth-order valence-corrected chi connectivity index (χ4v) is 3.50. The molecule has 0 radical (unpaired) electrons. The van der Waals surface area contributed by atoms with Crippen molar-refractivity contribution < 1.29 is 4.74 Å². The highest BCUT2D eigenvalue weighted by Gasteiger charge is 2.17. The molecule has 1 heterocycles. The lowest BCUT2D eigenvalue weighted by molar-refractivity contribution is 0.414. The molecule has 2 aromatic carbocycles. The second kappa shape index (κ2) is 5.84. The SMILES string of the molecule is COc1ccc(S(N)(N)Nc2cccc3cnccc23)cc1. The summed E-state index contributed by atoms with van der Waals surface area (Å²) in [6.07, 6.45) is 3.57. The van der Waals surface area contributed by atoms with Crippen molar-refractivity contribution in [3.8, 4) is 5.75 Å². The monoisotopic (exact) mass is 314 g/mol. The van der Waals surface area contributed by atoms with Crippen LogP contribution in [0.2, 0.25) is 0 Å². The first-order valence-corrected chi connectivity index (χ1v) is 8.49. The smallest absolute Gasteiger partial charge is 0.118 e. The van der Waals surface area contributed by atoms with Gasteiger partial charge < -0.3 is 9.46 Å². The van der Waals surface area contributed by atoms with Gasteiger partial charge in [0.05, 0.1) is 12.8 Å². The van der Waals surface area contributed by atoms with Crippen molar-refractivity contribution >= 4 is 27.0 Å². The van der Waals surface area contributed by atoms with Crippen molar-refractivity contribution in [1.29, 1.82) is 0 Å². The van der Waals surface area contributed by atoms with Crippen LogP contribution in [0.5, 0.6) is 5.75 Å². The van der Waals surface area contributed by atoms with Gasteiger partial charge in [0.25, 0.3) is 0 Å². The Kier molecular flexibility index (Phi) is 3.89. The van der Waals surface area contributed by atoms with Crippen molar-refractivity contribution in [1.82, 2.24) is 4.98 Å². The van der Waals surface area contributed by atoms with Gasteiger partial charge in [-0.25, -0.2) is 0 Å². The maximum atomic E-state index is 6.35. The Labute approximate surface area is 131 Å². The summed E-state index contributed by atoms with van der Waals surface area (Å²) in [7, 11) is -0.528. The van der Waals surface area contributed by atoms with Crippen molar-refractivity contribution in [2.45, 2.75) is 4.90 Å². The number of rotatable bonds is 4. The summed E-state index contributed by atoms with van der Waals surface area (Å²) in [5.74, 6) is 0.773. The Bertz CT molecular complexity index is 784. The van der Waals surface area contributed by atoms with Crippen LogP contribution in [0, 0.1) is 0 Å². The second-order valence-corrected chi connectivity index (χ2v) is 6.98. The lowest BCUT2D eigenvalue weighted by Crippen LogP contribution is -2.28. The molecule has 3 rings (SSSR count). The minimum Gasteiger partial charge on any atom is -0.497 e. The van der Waals surface area contributed by atoms with Gasteiger partial charge in [0.1, 0.15) is 5.75 Å². The highest BCUT2D eigenvalue weighted by Crippen LogP contribution is 2.43. The summed E-state index contributed by atoms with van der Waals surface area (Å²) in [6.45, 7) is 0. The summed E-state index contributed by atoms with van der Waals surface area (Å²) in [6, 6.07) is 15.3. The van der Waals surface area contributed by atoms with Crippen LogP contribution in [-0.4, -0.2) is 12.1 Å². The zero-order valence-electron chi connectivity index (χ0n) is 12.2. The molecular formula is C16H18N4OS. The average Bonchev–Trinajstić information content (AvgIpc) is 2.55. The van der Waals surface area contributed by atoms with E-state index >= 15 is 0 Å². The topological polar surface area (TPSA) is 86.2 Å². The van der Waals surface area contributed by atoms with Crippen LogP contribution in [-0.2, 0) is 0 Å². The van der Waals surface area contributed by atoms with Crippen LogP contribution >= 0.6 is 10.6 Å². The molecule has 5 nitrogen and oxygen atoms in total. The maximum absolute atomic E-state index is 6.35. The van der Waals surface area contributed by atoms with Gasteiger partial charge in [0, 0.05) is 28.1 Å². The first-order valence-electron chi connectivity index (χ1n) is 6.73. The minimum absolute atomic E-state index is 0.773. The predicted molar refractivity (Wildman–Crippen MR) is 92.6 cm³/mol. The van der Waals surface area contributed by atoms with Gasteiger partial charge in [-0.3, -0.25) is 15.3 Å². The Hall–Kier alpha value is -2.28. The Morgan fingerprint density at radius 2 is 1.82 bits per heavy atom. The molecule has 0 aliphatic heterocycles. The molecule has 0 atom stereocenters. The van der Waals surface area contributed by atoms with Crippen LogP contribution in [0.15, 0.2) is 65.8 Å². The zero-order chi connectivity index (χ0) is 15.6. The Balaban J connectivity index is 1.95. The molecule has 114 valence electrons. The number of nitrogens with zero attached hydrogens (tertiary/aromatic N) is 1. The summed E-state index contributed by atoms with van der Waals surface area (Å²) in [4.78, 5) is 4.98. The molecule has 0 saturated heterocycles. The van der Waals surface area contributed by atoms with E-state index in [1.54, 1.807) is 13.3 Å². The van der Waals surface area contributed by atoms with Crippen LogP contribution in [0.4, 0.5) is 5.69 Å². The molecule has 3 aromatic rings. The van der Waals surface area contributed by atoms with E-state index in [2.05, 4.69) is 9.71 Å². The van der Waals surface area contributed by atoms with Crippen molar-refractivity contribution in [2.75, 3.05) is 11.8 Å². The van der Waals surface area contributed by atoms with E-state index in [-0.39, 0.29) is 0 Å². The number of anilines is 1. The number of methoxy groups -OCH3 is 1. The molecular weight excluding hydrogens is 296 g/mol. The second-order valence-electron chi connectivity index (χ2n) is 4.89. The van der Waals surface area contributed by atoms with E-state index in [4.69, 9.17) is 15.0 Å². The van der Waals surface area contributed by atoms with E-state index in [9.17, 15) is 0 Å². The van der Waals surface area contributed by atoms with Crippen LogP contribution < -0.4 is 19.7 Å². The number of benzene rings is 2. The largest absolute Gasteiger partial charge is 0.497 e. The van der Waals surface area contributed by atoms with Crippen molar-refractivity contribution in [3.63, 3.8) is 0 Å². The third kappa shape index (κ3) is 2.85. The van der Waals surface area contributed by atoms with Crippen LogP contribution in [0.3, 0.4) is 0 Å². The molecule has 22 heavy (non-hydrogen) atoms. The van der Waals surface area contributed by atoms with Crippen molar-refractivity contribution in [2.24, 2.45) is 10.3 Å². The standard InChI is InChI=1S/C16H18N4OS/c1-21-13-5-7-14(8-6-13)22(17,18)20-16-4-2-3-12-11-19-10-9-15(12)16/h2-11,20H,17-18H2,1H3. The maximum Gasteiger partial charge on any atom is 0.118 e. The molecule has 0 bridgehead atoms. The molecule has 0 amide bonds. The Morgan fingerprint density at radius 1 is 1.05 bits per heavy atom. The number of aromatic nitrogens is 1. The summed E-state index contributed by atoms with van der Waals surface area (Å²) in [5, 5.41) is 14.8. The van der Waals surface area contributed by atoms with Crippen LogP contribution in [0.1, 0.15) is 0 Å². The fourth-order valence-electron chi connectivity index (χ4n) is 2.25. The van der Waals surface area contributed by atoms with Crippen LogP contribution in [0.25, 0.3) is 10.8 Å². The first-order chi connectivity index (χ1) is 10.6. The van der Waals surface area contributed by atoms with Crippen molar-refractivity contribution in [3.05, 3.63) is 60.9 Å². The molecule has 6 heteroatoms. The predicted octanol–water partition coefficient (Wildman–Crippen LogP) is 3.18. The average molecular weight is 314 g/mol. The molecule has 0 spiro atoms. The normalized spacial score (nSPS) is 12.1. The fraction of sp³-hybridized carbons (Fsp3) is 0.0625. The molecule has 5 N–H and O–H groups in total. The van der Waals surface area contributed by atoms with Gasteiger partial charge in [0.2, 0.25) is 0 Å². The highest BCUT2D eigenvalue weighted by atomic mass is 32.3. The first kappa shape index (κ1) is 14.6. The highest BCUT2D eigenvalue weighted by molar-refractivity contribution is 8.31. The molecule has 1 aromatic heterocycles. The number of nitrogens with one attached hydrogen (secondary N) is 1. The van der Waals surface area contributed by atoms with Gasteiger partial charge >= 0.3 is 0 Å². The summed E-state index contributed by atoms with van der Waals surface area (Å²) >= 11 is 0.